The van der Waals surface area contributed by atoms with Crippen molar-refractivity contribution in [2.75, 3.05) is 24.5 Å². The van der Waals surface area contributed by atoms with Crippen molar-refractivity contribution in [1.29, 1.82) is 0 Å². The maximum atomic E-state index is 4.82. The molecule has 0 unspecified atom stereocenters. The first-order chi connectivity index (χ1) is 13.8. The van der Waals surface area contributed by atoms with Crippen LogP contribution in [-0.4, -0.2) is 49.6 Å². The molecule has 0 N–H and O–H groups in total. The summed E-state index contributed by atoms with van der Waals surface area (Å²) in [5.74, 6) is 1.60. The van der Waals surface area contributed by atoms with Crippen LogP contribution in [0.3, 0.4) is 0 Å². The smallest absolute Gasteiger partial charge is 0.276 e. The predicted molar refractivity (Wildman–Crippen MR) is 112 cm³/mol. The van der Waals surface area contributed by atoms with Gasteiger partial charge in [0.1, 0.15) is 10.6 Å². The van der Waals surface area contributed by atoms with Crippen molar-refractivity contribution in [2.24, 2.45) is 0 Å². The summed E-state index contributed by atoms with van der Waals surface area (Å²) in [4.78, 5) is 12.2. The average Bonchev–Trinajstić information content (AvgIpc) is 3.33. The number of nitrogens with zero attached hydrogens (tertiary/aromatic N) is 7. The highest BCUT2D eigenvalue weighted by molar-refractivity contribution is 7.19. The largest absolute Gasteiger partial charge is 0.356 e. The fourth-order valence-electron chi connectivity index (χ4n) is 4.08. The van der Waals surface area contributed by atoms with Crippen LogP contribution in [0.4, 0.5) is 5.82 Å². The zero-order chi connectivity index (χ0) is 19.1. The fourth-order valence-corrected chi connectivity index (χ4v) is 5.41. The number of tetrazole rings is 1. The highest BCUT2D eigenvalue weighted by atomic mass is 32.1. The van der Waals surface area contributed by atoms with Crippen molar-refractivity contribution in [1.82, 2.24) is 29.9 Å². The Morgan fingerprint density at radius 1 is 1.14 bits per heavy atom. The van der Waals surface area contributed by atoms with Crippen molar-refractivity contribution >= 4 is 33.1 Å². The zero-order valence-corrected chi connectivity index (χ0v) is 17.0. The van der Waals surface area contributed by atoms with Crippen LogP contribution in [0.1, 0.15) is 29.9 Å². The van der Waals surface area contributed by atoms with Gasteiger partial charge in [0.05, 0.1) is 5.39 Å². The quantitative estimate of drug-likeness (QED) is 0.519. The molecule has 0 amide bonds. The Labute approximate surface area is 167 Å². The molecule has 0 radical (unpaired) electrons. The third-order valence-corrected chi connectivity index (χ3v) is 6.70. The van der Waals surface area contributed by atoms with Crippen LogP contribution in [0.2, 0.25) is 0 Å². The highest BCUT2D eigenvalue weighted by Gasteiger charge is 2.27. The monoisotopic (exact) mass is 393 g/mol. The Morgan fingerprint density at radius 2 is 1.96 bits per heavy atom. The van der Waals surface area contributed by atoms with Crippen LogP contribution in [0.25, 0.3) is 16.0 Å². The van der Waals surface area contributed by atoms with E-state index in [9.17, 15) is 0 Å². The molecule has 4 heterocycles. The molecule has 0 atom stereocenters. The van der Waals surface area contributed by atoms with Crippen LogP contribution in [0.5, 0.6) is 0 Å². The van der Waals surface area contributed by atoms with Crippen molar-refractivity contribution in [3.05, 3.63) is 46.3 Å². The summed E-state index contributed by atoms with van der Waals surface area (Å²) in [5, 5.41) is 13.4. The lowest BCUT2D eigenvalue weighted by Gasteiger charge is -2.27. The summed E-state index contributed by atoms with van der Waals surface area (Å²) in [7, 11) is 0. The third-order valence-electron chi connectivity index (χ3n) is 5.50. The first-order valence-electron chi connectivity index (χ1n) is 9.82. The molecular weight excluding hydrogens is 370 g/mol. The van der Waals surface area contributed by atoms with Gasteiger partial charge in [-0.2, -0.15) is 9.50 Å². The zero-order valence-electron chi connectivity index (χ0n) is 16.2. The second kappa shape index (κ2) is 7.10. The summed E-state index contributed by atoms with van der Waals surface area (Å²) >= 11 is 1.81. The first kappa shape index (κ1) is 17.5. The maximum Gasteiger partial charge on any atom is 0.276 e. The van der Waals surface area contributed by atoms with Gasteiger partial charge in [-0.15, -0.1) is 11.3 Å². The van der Waals surface area contributed by atoms with E-state index in [1.807, 2.05) is 11.3 Å². The van der Waals surface area contributed by atoms with Gasteiger partial charge in [-0.25, -0.2) is 0 Å². The Morgan fingerprint density at radius 3 is 2.75 bits per heavy atom. The summed E-state index contributed by atoms with van der Waals surface area (Å²) in [6.07, 6.45) is 1.03. The lowest BCUT2D eigenvalue weighted by Crippen LogP contribution is -2.29. The number of anilines is 1. The number of fused-ring (bicyclic) bond motifs is 5. The van der Waals surface area contributed by atoms with E-state index < -0.39 is 0 Å². The fraction of sp³-hybridized carbons (Fsp3) is 0.400. The lowest BCUT2D eigenvalue weighted by molar-refractivity contribution is 0.249. The van der Waals surface area contributed by atoms with Gasteiger partial charge in [0.2, 0.25) is 0 Å². The van der Waals surface area contributed by atoms with Crippen molar-refractivity contribution in [2.45, 2.75) is 33.4 Å². The van der Waals surface area contributed by atoms with Crippen LogP contribution in [0.15, 0.2) is 30.3 Å². The number of hydrogen-bond donors (Lipinski definition) is 0. The van der Waals surface area contributed by atoms with Crippen LogP contribution in [-0.2, 0) is 19.5 Å². The highest BCUT2D eigenvalue weighted by Crippen LogP contribution is 2.39. The molecule has 0 spiro atoms. The van der Waals surface area contributed by atoms with Gasteiger partial charge >= 0.3 is 0 Å². The van der Waals surface area contributed by atoms with Crippen LogP contribution in [0, 0.1) is 0 Å². The third kappa shape index (κ3) is 2.84. The standard InChI is InChI=1S/C20H23N7S/c1-3-26(4-2)18-17-15-10-11-25(12-14-8-6-5-7-9-14)13-16(15)28-19(17)27-20(21-18)22-23-24-27/h5-9H,3-4,10-13H2,1-2H3. The number of hydrogen-bond acceptors (Lipinski definition) is 7. The lowest BCUT2D eigenvalue weighted by atomic mass is 10.0. The summed E-state index contributed by atoms with van der Waals surface area (Å²) in [6.45, 7) is 9.18. The molecule has 0 saturated carbocycles. The summed E-state index contributed by atoms with van der Waals surface area (Å²) in [6, 6.07) is 10.7. The van der Waals surface area contributed by atoms with Crippen LogP contribution < -0.4 is 4.90 Å². The molecule has 0 bridgehead atoms. The van der Waals surface area contributed by atoms with E-state index in [4.69, 9.17) is 4.98 Å². The van der Waals surface area contributed by atoms with Gasteiger partial charge in [0.25, 0.3) is 5.78 Å². The molecule has 1 aliphatic rings. The molecule has 7 nitrogen and oxygen atoms in total. The first-order valence-corrected chi connectivity index (χ1v) is 10.6. The molecule has 144 valence electrons. The minimum Gasteiger partial charge on any atom is -0.356 e. The molecule has 0 saturated heterocycles. The molecule has 8 heteroatoms. The minimum absolute atomic E-state index is 0.578. The van der Waals surface area contributed by atoms with Gasteiger partial charge in [-0.3, -0.25) is 4.90 Å². The molecule has 0 fully saturated rings. The molecule has 4 aromatic rings. The second-order valence-corrected chi connectivity index (χ2v) is 8.21. The van der Waals surface area contributed by atoms with E-state index >= 15 is 0 Å². The molecule has 3 aromatic heterocycles. The van der Waals surface area contributed by atoms with Gasteiger partial charge in [-0.1, -0.05) is 35.4 Å². The van der Waals surface area contributed by atoms with E-state index in [1.54, 1.807) is 4.52 Å². The minimum atomic E-state index is 0.578. The Balaban J connectivity index is 1.59. The predicted octanol–water partition coefficient (Wildman–Crippen LogP) is 3.14. The Bertz CT molecular complexity index is 1110. The Hall–Kier alpha value is -2.58. The van der Waals surface area contributed by atoms with E-state index in [0.717, 1.165) is 49.8 Å². The van der Waals surface area contributed by atoms with Crippen molar-refractivity contribution in [3.8, 4) is 0 Å². The van der Waals surface area contributed by atoms with E-state index in [-0.39, 0.29) is 0 Å². The van der Waals surface area contributed by atoms with Gasteiger partial charge in [0, 0.05) is 37.6 Å². The van der Waals surface area contributed by atoms with E-state index in [2.05, 4.69) is 69.5 Å². The summed E-state index contributed by atoms with van der Waals surface area (Å²) in [5.41, 5.74) is 2.79. The molecular formula is C20H23N7S. The number of rotatable bonds is 5. The SMILES string of the molecule is CCN(CC)c1nc2nnnn2c2sc3c(c12)CCN(Cc1ccccc1)C3. The Kier molecular flexibility index (Phi) is 4.44. The molecule has 1 aromatic carbocycles. The topological polar surface area (TPSA) is 62.5 Å². The van der Waals surface area contributed by atoms with Gasteiger partial charge < -0.3 is 4.90 Å². The van der Waals surface area contributed by atoms with Crippen molar-refractivity contribution in [3.63, 3.8) is 0 Å². The van der Waals surface area contributed by atoms with Crippen LogP contribution >= 0.6 is 11.3 Å². The number of aromatic nitrogens is 5. The van der Waals surface area contributed by atoms with Crippen molar-refractivity contribution < 1.29 is 0 Å². The molecule has 5 rings (SSSR count). The van der Waals surface area contributed by atoms with Gasteiger partial charge in [0.15, 0.2) is 0 Å². The summed E-state index contributed by atoms with van der Waals surface area (Å²) < 4.78 is 1.80. The number of thiophene rings is 1. The van der Waals surface area contributed by atoms with Gasteiger partial charge in [-0.05, 0) is 41.8 Å². The second-order valence-electron chi connectivity index (χ2n) is 7.13. The average molecular weight is 394 g/mol. The van der Waals surface area contributed by atoms with E-state index in [0.29, 0.717) is 5.78 Å². The molecule has 0 aliphatic carbocycles. The van der Waals surface area contributed by atoms with E-state index in [1.165, 1.54) is 21.4 Å². The maximum absolute atomic E-state index is 4.82. The molecule has 28 heavy (non-hydrogen) atoms. The molecule has 1 aliphatic heterocycles. The number of benzene rings is 1. The normalized spacial score (nSPS) is 14.6.